The van der Waals surface area contributed by atoms with E-state index >= 15 is 0 Å². The molecule has 4 N–H and O–H groups in total. The van der Waals surface area contributed by atoms with Gasteiger partial charge in [0.1, 0.15) is 0 Å². The van der Waals surface area contributed by atoms with Gasteiger partial charge in [0.15, 0.2) is 0 Å². The van der Waals surface area contributed by atoms with Crippen molar-refractivity contribution in [3.05, 3.63) is 0 Å². The van der Waals surface area contributed by atoms with Crippen LogP contribution in [0.5, 0.6) is 0 Å². The van der Waals surface area contributed by atoms with Gasteiger partial charge in [-0.15, -0.1) is 0 Å². The van der Waals surface area contributed by atoms with Gasteiger partial charge in [-0.3, -0.25) is 0 Å². The van der Waals surface area contributed by atoms with Crippen LogP contribution in [0.25, 0.3) is 0 Å². The molecule has 1 unspecified atom stereocenters. The summed E-state index contributed by atoms with van der Waals surface area (Å²) in [7, 11) is 0. The van der Waals surface area contributed by atoms with Crippen LogP contribution in [0.15, 0.2) is 0 Å². The molecule has 0 aliphatic heterocycles. The summed E-state index contributed by atoms with van der Waals surface area (Å²) in [6.07, 6.45) is 13.8. The van der Waals surface area contributed by atoms with E-state index in [1.165, 1.54) is 51.4 Å². The van der Waals surface area contributed by atoms with Crippen molar-refractivity contribution in [2.24, 2.45) is 46.0 Å². The van der Waals surface area contributed by atoms with E-state index < -0.39 is 5.66 Å². The van der Waals surface area contributed by atoms with Crippen molar-refractivity contribution in [3.8, 4) is 0 Å². The highest BCUT2D eigenvalue weighted by molar-refractivity contribution is 5.11. The van der Waals surface area contributed by atoms with Crippen molar-refractivity contribution in [1.82, 2.24) is 0 Å². The fourth-order valence-electron chi connectivity index (χ4n) is 7.54. The van der Waals surface area contributed by atoms with Gasteiger partial charge < -0.3 is 11.5 Å². The molecule has 0 amide bonds. The van der Waals surface area contributed by atoms with Gasteiger partial charge in [0.05, 0.1) is 5.66 Å². The SMILES string of the molecule is C[C@]12CC[C@@H]3[C@@H](CCC4CCCC[C@@]43C)[C@@H]1CC(N)(N)C2. The molecule has 4 fully saturated rings. The number of hydrogen-bond donors (Lipinski definition) is 2. The molecule has 0 radical (unpaired) electrons. The summed E-state index contributed by atoms with van der Waals surface area (Å²) in [5.74, 6) is 3.69. The molecule has 120 valence electrons. The van der Waals surface area contributed by atoms with E-state index in [0.717, 1.165) is 36.5 Å². The third-order valence-corrected chi connectivity index (χ3v) is 8.43. The first kappa shape index (κ1) is 14.5. The van der Waals surface area contributed by atoms with Crippen LogP contribution in [-0.2, 0) is 0 Å². The lowest BCUT2D eigenvalue weighted by Crippen LogP contribution is -2.51. The van der Waals surface area contributed by atoms with Gasteiger partial charge in [-0.1, -0.05) is 26.7 Å². The number of rotatable bonds is 0. The highest BCUT2D eigenvalue weighted by Gasteiger charge is 2.60. The predicted octanol–water partition coefficient (Wildman–Crippen LogP) is 4.03. The number of hydrogen-bond acceptors (Lipinski definition) is 2. The van der Waals surface area contributed by atoms with Crippen LogP contribution in [0, 0.1) is 34.5 Å². The van der Waals surface area contributed by atoms with Gasteiger partial charge in [0.25, 0.3) is 0 Å². The van der Waals surface area contributed by atoms with Gasteiger partial charge >= 0.3 is 0 Å². The molecule has 4 rings (SSSR count). The first-order valence-corrected chi connectivity index (χ1v) is 9.42. The summed E-state index contributed by atoms with van der Waals surface area (Å²) in [6.45, 7) is 5.13. The fourth-order valence-corrected chi connectivity index (χ4v) is 7.54. The summed E-state index contributed by atoms with van der Waals surface area (Å²) in [4.78, 5) is 0. The van der Waals surface area contributed by atoms with Crippen molar-refractivity contribution >= 4 is 0 Å². The predicted molar refractivity (Wildman–Crippen MR) is 87.4 cm³/mol. The van der Waals surface area contributed by atoms with E-state index in [4.69, 9.17) is 11.5 Å². The summed E-state index contributed by atoms with van der Waals surface area (Å²) in [5.41, 5.74) is 13.5. The van der Waals surface area contributed by atoms with Gasteiger partial charge in [-0.05, 0) is 85.9 Å². The van der Waals surface area contributed by atoms with Crippen molar-refractivity contribution < 1.29 is 0 Å². The summed E-state index contributed by atoms with van der Waals surface area (Å²) < 4.78 is 0. The molecule has 2 nitrogen and oxygen atoms in total. The maximum Gasteiger partial charge on any atom is 0.0644 e. The van der Waals surface area contributed by atoms with Crippen LogP contribution in [0.4, 0.5) is 0 Å². The quantitative estimate of drug-likeness (QED) is 0.662. The summed E-state index contributed by atoms with van der Waals surface area (Å²) in [5, 5.41) is 0. The Balaban J connectivity index is 1.65. The van der Waals surface area contributed by atoms with Crippen molar-refractivity contribution in [2.45, 2.75) is 83.7 Å². The van der Waals surface area contributed by atoms with Crippen LogP contribution in [-0.4, -0.2) is 5.66 Å². The maximum atomic E-state index is 6.39. The highest BCUT2D eigenvalue weighted by Crippen LogP contribution is 2.66. The maximum absolute atomic E-state index is 6.39. The molecule has 4 saturated carbocycles. The van der Waals surface area contributed by atoms with Crippen molar-refractivity contribution in [2.75, 3.05) is 0 Å². The molecule has 4 aliphatic rings. The third kappa shape index (κ3) is 2.05. The van der Waals surface area contributed by atoms with Crippen LogP contribution < -0.4 is 11.5 Å². The molecular formula is C19H34N2. The largest absolute Gasteiger partial charge is 0.313 e. The lowest BCUT2D eigenvalue weighted by Gasteiger charge is -2.59. The van der Waals surface area contributed by atoms with Crippen LogP contribution in [0.2, 0.25) is 0 Å². The lowest BCUT2D eigenvalue weighted by atomic mass is 9.45. The average Bonchev–Trinajstić information content (AvgIpc) is 2.66. The van der Waals surface area contributed by atoms with Gasteiger partial charge in [0, 0.05) is 0 Å². The molecule has 0 bridgehead atoms. The second-order valence-electron chi connectivity index (χ2n) is 9.71. The molecule has 21 heavy (non-hydrogen) atoms. The standard InChI is InChI=1S/C19H34N2/c1-17-10-8-15-14(16(17)11-19(20,21)12-17)7-6-13-5-3-4-9-18(13,15)2/h13-16H,3-12,20-21H2,1-2H3/t13?,14-,15-,16+,17-,18+/m1/s1. The minimum absolute atomic E-state index is 0.390. The Morgan fingerprint density at radius 1 is 0.857 bits per heavy atom. The first-order chi connectivity index (χ1) is 9.84. The Labute approximate surface area is 130 Å². The molecule has 0 aromatic rings. The van der Waals surface area contributed by atoms with Crippen LogP contribution in [0.1, 0.15) is 78.1 Å². The molecule has 0 spiro atoms. The van der Waals surface area contributed by atoms with Crippen LogP contribution >= 0.6 is 0 Å². The van der Waals surface area contributed by atoms with Gasteiger partial charge in [0.2, 0.25) is 0 Å². The number of fused-ring (bicyclic) bond motifs is 5. The molecule has 2 heteroatoms. The molecule has 0 saturated heterocycles. The Hall–Kier alpha value is -0.0800. The molecule has 6 atom stereocenters. The monoisotopic (exact) mass is 290 g/mol. The number of nitrogens with two attached hydrogens (primary N) is 2. The summed E-state index contributed by atoms with van der Waals surface area (Å²) in [6, 6.07) is 0. The second kappa shape index (κ2) is 4.47. The fraction of sp³-hybridized carbons (Fsp3) is 1.00. The zero-order chi connectivity index (χ0) is 14.9. The third-order valence-electron chi connectivity index (χ3n) is 8.43. The molecule has 4 aliphatic carbocycles. The van der Waals surface area contributed by atoms with Crippen molar-refractivity contribution in [3.63, 3.8) is 0 Å². The Morgan fingerprint density at radius 3 is 2.48 bits per heavy atom. The summed E-state index contributed by atoms with van der Waals surface area (Å²) >= 11 is 0. The molecule has 0 heterocycles. The normalized spacial score (nSPS) is 55.4. The Kier molecular flexibility index (Phi) is 3.09. The van der Waals surface area contributed by atoms with E-state index in [2.05, 4.69) is 13.8 Å². The zero-order valence-electron chi connectivity index (χ0n) is 14.0. The highest BCUT2D eigenvalue weighted by atomic mass is 15.0. The second-order valence-corrected chi connectivity index (χ2v) is 9.71. The van der Waals surface area contributed by atoms with Crippen molar-refractivity contribution in [1.29, 1.82) is 0 Å². The van der Waals surface area contributed by atoms with Gasteiger partial charge in [-0.25, -0.2) is 0 Å². The smallest absolute Gasteiger partial charge is 0.0644 e. The minimum Gasteiger partial charge on any atom is -0.313 e. The topological polar surface area (TPSA) is 52.0 Å². The molecule has 0 aromatic heterocycles. The van der Waals surface area contributed by atoms with E-state index in [0.29, 0.717) is 10.8 Å². The zero-order valence-corrected chi connectivity index (χ0v) is 14.0. The van der Waals surface area contributed by atoms with Gasteiger partial charge in [-0.2, -0.15) is 0 Å². The molecule has 0 aromatic carbocycles. The first-order valence-electron chi connectivity index (χ1n) is 9.42. The van der Waals surface area contributed by atoms with E-state index in [-0.39, 0.29) is 0 Å². The minimum atomic E-state index is -0.390. The van der Waals surface area contributed by atoms with E-state index in [1.54, 1.807) is 0 Å². The molecular weight excluding hydrogens is 256 g/mol. The Bertz CT molecular complexity index is 431. The Morgan fingerprint density at radius 2 is 1.67 bits per heavy atom. The van der Waals surface area contributed by atoms with Crippen LogP contribution in [0.3, 0.4) is 0 Å². The van der Waals surface area contributed by atoms with E-state index in [9.17, 15) is 0 Å². The average molecular weight is 290 g/mol. The lowest BCUT2D eigenvalue weighted by molar-refractivity contribution is -0.103. The van der Waals surface area contributed by atoms with E-state index in [1.807, 2.05) is 0 Å².